The van der Waals surface area contributed by atoms with E-state index in [1.54, 1.807) is 19.2 Å². The van der Waals surface area contributed by atoms with Crippen molar-refractivity contribution < 1.29 is 18.7 Å². The fraction of sp³-hybridized carbons (Fsp3) is 0.350. The van der Waals surface area contributed by atoms with E-state index >= 15 is 0 Å². The minimum atomic E-state index is -0.286. The fourth-order valence-corrected chi connectivity index (χ4v) is 2.42. The van der Waals surface area contributed by atoms with E-state index in [4.69, 9.17) is 9.47 Å². The molecule has 2 aromatic rings. The van der Waals surface area contributed by atoms with E-state index in [9.17, 15) is 9.18 Å². The number of carbonyl (C=O) groups is 1. The van der Waals surface area contributed by atoms with Crippen LogP contribution in [0.4, 0.5) is 4.39 Å². The lowest BCUT2D eigenvalue weighted by molar-refractivity contribution is -0.121. The molecule has 2 rings (SSSR count). The van der Waals surface area contributed by atoms with Gasteiger partial charge < -0.3 is 14.8 Å². The van der Waals surface area contributed by atoms with Crippen LogP contribution in [0.5, 0.6) is 11.5 Å². The highest BCUT2D eigenvalue weighted by atomic mass is 19.1. The number of nitrogens with one attached hydrogen (secondary N) is 1. The summed E-state index contributed by atoms with van der Waals surface area (Å²) in [6, 6.07) is 13.7. The molecule has 134 valence electrons. The van der Waals surface area contributed by atoms with Crippen LogP contribution in [-0.4, -0.2) is 26.2 Å². The van der Waals surface area contributed by atoms with Crippen molar-refractivity contribution in [2.24, 2.45) is 0 Å². The molecular weight excluding hydrogens is 321 g/mol. The molecule has 0 spiro atoms. The molecule has 4 nitrogen and oxygen atoms in total. The summed E-state index contributed by atoms with van der Waals surface area (Å²) >= 11 is 0. The van der Waals surface area contributed by atoms with E-state index in [0.29, 0.717) is 31.7 Å². The molecule has 2 aromatic carbocycles. The average Bonchev–Trinajstić information content (AvgIpc) is 2.63. The number of ether oxygens (including phenoxy) is 2. The summed E-state index contributed by atoms with van der Waals surface area (Å²) in [5, 5.41) is 2.90. The Morgan fingerprint density at radius 2 is 1.72 bits per heavy atom. The van der Waals surface area contributed by atoms with Gasteiger partial charge in [-0.15, -0.1) is 0 Å². The van der Waals surface area contributed by atoms with Gasteiger partial charge in [0.15, 0.2) is 0 Å². The Labute approximate surface area is 148 Å². The third-order valence-electron chi connectivity index (χ3n) is 3.90. The van der Waals surface area contributed by atoms with Crippen molar-refractivity contribution in [3.63, 3.8) is 0 Å². The van der Waals surface area contributed by atoms with Crippen LogP contribution in [0.3, 0.4) is 0 Å². The van der Waals surface area contributed by atoms with Gasteiger partial charge in [0.25, 0.3) is 0 Å². The highest BCUT2D eigenvalue weighted by Gasteiger charge is 2.11. The second-order valence-corrected chi connectivity index (χ2v) is 5.88. The van der Waals surface area contributed by atoms with Gasteiger partial charge in [0.05, 0.1) is 13.7 Å². The summed E-state index contributed by atoms with van der Waals surface area (Å²) in [4.78, 5) is 12.0. The Morgan fingerprint density at radius 3 is 2.36 bits per heavy atom. The molecule has 0 heterocycles. The molecule has 0 fully saturated rings. The molecule has 0 aliphatic carbocycles. The summed E-state index contributed by atoms with van der Waals surface area (Å²) in [6.45, 7) is 3.05. The quantitative estimate of drug-likeness (QED) is 0.701. The molecule has 0 saturated carbocycles. The topological polar surface area (TPSA) is 47.6 Å². The maximum Gasteiger partial charge on any atom is 0.220 e. The molecule has 1 atom stereocenters. The molecule has 0 aromatic heterocycles. The smallest absolute Gasteiger partial charge is 0.220 e. The van der Waals surface area contributed by atoms with Crippen LogP contribution in [0.25, 0.3) is 0 Å². The first kappa shape index (κ1) is 18.8. The average molecular weight is 345 g/mol. The number of hydrogen-bond acceptors (Lipinski definition) is 3. The van der Waals surface area contributed by atoms with Gasteiger partial charge >= 0.3 is 0 Å². The molecular formula is C20H24FNO3. The molecule has 0 bridgehead atoms. The maximum absolute atomic E-state index is 12.8. The van der Waals surface area contributed by atoms with Crippen molar-refractivity contribution in [3.05, 3.63) is 59.9 Å². The molecule has 5 heteroatoms. The van der Waals surface area contributed by atoms with Gasteiger partial charge in [0, 0.05) is 13.0 Å². The van der Waals surface area contributed by atoms with Gasteiger partial charge in [-0.1, -0.05) is 19.1 Å². The van der Waals surface area contributed by atoms with Crippen molar-refractivity contribution in [2.45, 2.75) is 25.7 Å². The Morgan fingerprint density at radius 1 is 1.08 bits per heavy atom. The van der Waals surface area contributed by atoms with Crippen LogP contribution in [0.1, 0.15) is 31.2 Å². The van der Waals surface area contributed by atoms with Crippen LogP contribution in [0.15, 0.2) is 48.5 Å². The van der Waals surface area contributed by atoms with Crippen LogP contribution in [0, 0.1) is 5.82 Å². The van der Waals surface area contributed by atoms with Crippen molar-refractivity contribution in [2.75, 3.05) is 20.3 Å². The summed E-state index contributed by atoms with van der Waals surface area (Å²) in [6.07, 6.45) is 1.13. The lowest BCUT2D eigenvalue weighted by Gasteiger charge is -2.13. The van der Waals surface area contributed by atoms with Crippen LogP contribution >= 0.6 is 0 Å². The van der Waals surface area contributed by atoms with E-state index in [2.05, 4.69) is 5.32 Å². The predicted octanol–water partition coefficient (Wildman–Crippen LogP) is 3.91. The second kappa shape index (κ2) is 9.67. The Bertz CT molecular complexity index is 656. The lowest BCUT2D eigenvalue weighted by Crippen LogP contribution is -2.26. The molecule has 1 unspecified atom stereocenters. The van der Waals surface area contributed by atoms with Gasteiger partial charge in [0.1, 0.15) is 17.3 Å². The van der Waals surface area contributed by atoms with Crippen molar-refractivity contribution >= 4 is 5.91 Å². The van der Waals surface area contributed by atoms with Gasteiger partial charge in [0.2, 0.25) is 5.91 Å². The zero-order valence-electron chi connectivity index (χ0n) is 14.6. The van der Waals surface area contributed by atoms with Crippen molar-refractivity contribution in [1.82, 2.24) is 5.32 Å². The minimum absolute atomic E-state index is 0.0186. The Kier molecular flexibility index (Phi) is 7.26. The molecule has 0 aliphatic heterocycles. The maximum atomic E-state index is 12.8. The van der Waals surface area contributed by atoms with E-state index in [1.165, 1.54) is 12.1 Å². The number of hydrogen-bond donors (Lipinski definition) is 1. The van der Waals surface area contributed by atoms with E-state index in [0.717, 1.165) is 11.3 Å². The summed E-state index contributed by atoms with van der Waals surface area (Å²) in [5.41, 5.74) is 1.11. The number of halogens is 1. The third-order valence-corrected chi connectivity index (χ3v) is 3.90. The van der Waals surface area contributed by atoms with Gasteiger partial charge in [-0.3, -0.25) is 4.79 Å². The van der Waals surface area contributed by atoms with Crippen LogP contribution in [0.2, 0.25) is 0 Å². The van der Waals surface area contributed by atoms with Crippen molar-refractivity contribution in [1.29, 1.82) is 0 Å². The lowest BCUT2D eigenvalue weighted by atomic mass is 9.97. The molecule has 0 radical (unpaired) electrons. The SMILES string of the molecule is COc1ccc(C(C)CC(=O)NCCCOc2ccc(F)cc2)cc1. The summed E-state index contributed by atoms with van der Waals surface area (Å²) < 4.78 is 23.4. The first-order valence-electron chi connectivity index (χ1n) is 8.37. The molecule has 25 heavy (non-hydrogen) atoms. The van der Waals surface area contributed by atoms with E-state index < -0.39 is 0 Å². The fourth-order valence-electron chi connectivity index (χ4n) is 2.42. The Balaban J connectivity index is 1.63. The first-order valence-corrected chi connectivity index (χ1v) is 8.37. The predicted molar refractivity (Wildman–Crippen MR) is 95.5 cm³/mol. The van der Waals surface area contributed by atoms with Gasteiger partial charge in [-0.2, -0.15) is 0 Å². The van der Waals surface area contributed by atoms with Gasteiger partial charge in [-0.05, 0) is 54.3 Å². The summed E-state index contributed by atoms with van der Waals surface area (Å²) in [7, 11) is 1.63. The number of amides is 1. The monoisotopic (exact) mass is 345 g/mol. The number of carbonyl (C=O) groups excluding carboxylic acids is 1. The zero-order chi connectivity index (χ0) is 18.1. The standard InChI is InChI=1S/C20H24FNO3/c1-15(16-4-8-18(24-2)9-5-16)14-20(23)22-12-3-13-25-19-10-6-17(21)7-11-19/h4-11,15H,3,12-14H2,1-2H3,(H,22,23). The first-order chi connectivity index (χ1) is 12.1. The molecule has 0 aliphatic rings. The molecule has 1 amide bonds. The van der Waals surface area contributed by atoms with Crippen LogP contribution in [-0.2, 0) is 4.79 Å². The second-order valence-electron chi connectivity index (χ2n) is 5.88. The van der Waals surface area contributed by atoms with Crippen molar-refractivity contribution in [3.8, 4) is 11.5 Å². The van der Waals surface area contributed by atoms with E-state index in [1.807, 2.05) is 31.2 Å². The third kappa shape index (κ3) is 6.45. The highest BCUT2D eigenvalue weighted by molar-refractivity contribution is 5.76. The number of benzene rings is 2. The number of rotatable bonds is 9. The van der Waals surface area contributed by atoms with Crippen LogP contribution < -0.4 is 14.8 Å². The number of methoxy groups -OCH3 is 1. The largest absolute Gasteiger partial charge is 0.497 e. The normalized spacial score (nSPS) is 11.6. The molecule has 0 saturated heterocycles. The highest BCUT2D eigenvalue weighted by Crippen LogP contribution is 2.21. The minimum Gasteiger partial charge on any atom is -0.497 e. The summed E-state index contributed by atoms with van der Waals surface area (Å²) in [5.74, 6) is 1.31. The zero-order valence-corrected chi connectivity index (χ0v) is 14.6. The van der Waals surface area contributed by atoms with E-state index in [-0.39, 0.29) is 17.6 Å². The van der Waals surface area contributed by atoms with Gasteiger partial charge in [-0.25, -0.2) is 4.39 Å². The molecule has 1 N–H and O–H groups in total. The Hall–Kier alpha value is -2.56.